The van der Waals surface area contributed by atoms with E-state index in [0.29, 0.717) is 10.7 Å². The number of nitrogens with one attached hydrogen (secondary N) is 1. The van der Waals surface area contributed by atoms with Gasteiger partial charge in [0.2, 0.25) is 0 Å². The highest BCUT2D eigenvalue weighted by Gasteiger charge is 1.99. The van der Waals surface area contributed by atoms with Crippen LogP contribution in [0.4, 0.5) is 5.69 Å². The standard InChI is InChI=1S/C8H5ClN2S/c9-6-3-1-2-4-7(6)11-8(12)5-10/h1-4H,(H,11,12). The van der Waals surface area contributed by atoms with Crippen LogP contribution in [0.15, 0.2) is 24.3 Å². The van der Waals surface area contributed by atoms with Crippen molar-refractivity contribution in [2.24, 2.45) is 0 Å². The number of hydrogen-bond acceptors (Lipinski definition) is 2. The number of para-hydroxylation sites is 1. The summed E-state index contributed by atoms with van der Waals surface area (Å²) in [6, 6.07) is 8.91. The van der Waals surface area contributed by atoms with Crippen molar-refractivity contribution >= 4 is 34.5 Å². The molecule has 0 bridgehead atoms. The van der Waals surface area contributed by atoms with E-state index < -0.39 is 0 Å². The van der Waals surface area contributed by atoms with Crippen molar-refractivity contribution in [3.05, 3.63) is 29.3 Å². The number of halogens is 1. The van der Waals surface area contributed by atoms with Crippen molar-refractivity contribution in [2.75, 3.05) is 5.32 Å². The molecule has 0 heterocycles. The van der Waals surface area contributed by atoms with Crippen LogP contribution in [0.1, 0.15) is 0 Å². The lowest BCUT2D eigenvalue weighted by molar-refractivity contribution is 1.54. The fourth-order valence-corrected chi connectivity index (χ4v) is 1.01. The summed E-state index contributed by atoms with van der Waals surface area (Å²) in [6.45, 7) is 0. The molecule has 0 atom stereocenters. The summed E-state index contributed by atoms with van der Waals surface area (Å²) in [4.78, 5) is 0.114. The van der Waals surface area contributed by atoms with E-state index in [-0.39, 0.29) is 4.99 Å². The molecule has 0 unspecified atom stereocenters. The molecule has 0 radical (unpaired) electrons. The summed E-state index contributed by atoms with van der Waals surface area (Å²) in [5.41, 5.74) is 0.658. The first-order valence-electron chi connectivity index (χ1n) is 3.19. The van der Waals surface area contributed by atoms with Gasteiger partial charge in [0, 0.05) is 0 Å². The minimum Gasteiger partial charge on any atom is -0.337 e. The highest BCUT2D eigenvalue weighted by molar-refractivity contribution is 7.81. The lowest BCUT2D eigenvalue weighted by Gasteiger charge is -2.02. The number of benzene rings is 1. The second-order valence-corrected chi connectivity index (χ2v) is 2.86. The first-order chi connectivity index (χ1) is 5.74. The molecule has 4 heteroatoms. The van der Waals surface area contributed by atoms with Gasteiger partial charge in [-0.25, -0.2) is 0 Å². The van der Waals surface area contributed by atoms with Gasteiger partial charge in [-0.05, 0) is 24.4 Å². The number of nitriles is 1. The minimum absolute atomic E-state index is 0.114. The summed E-state index contributed by atoms with van der Waals surface area (Å²) >= 11 is 10.5. The monoisotopic (exact) mass is 196 g/mol. The van der Waals surface area contributed by atoms with Crippen LogP contribution in [-0.4, -0.2) is 4.99 Å². The number of thiocarbonyl (C=S) groups is 1. The molecule has 0 fully saturated rings. The van der Waals surface area contributed by atoms with Gasteiger partial charge in [-0.1, -0.05) is 23.7 Å². The van der Waals surface area contributed by atoms with Crippen LogP contribution in [0.3, 0.4) is 0 Å². The Kier molecular flexibility index (Phi) is 3.03. The predicted molar refractivity (Wildman–Crippen MR) is 53.3 cm³/mol. The molecule has 0 aliphatic carbocycles. The fraction of sp³-hybridized carbons (Fsp3) is 0. The van der Waals surface area contributed by atoms with Crippen molar-refractivity contribution in [2.45, 2.75) is 0 Å². The van der Waals surface area contributed by atoms with Crippen LogP contribution in [-0.2, 0) is 0 Å². The third-order valence-electron chi connectivity index (χ3n) is 1.22. The lowest BCUT2D eigenvalue weighted by atomic mass is 10.3. The van der Waals surface area contributed by atoms with E-state index in [1.807, 2.05) is 12.1 Å². The third kappa shape index (κ3) is 2.19. The SMILES string of the molecule is N#CC(=S)Nc1ccccc1Cl. The van der Waals surface area contributed by atoms with Crippen LogP contribution < -0.4 is 5.32 Å². The second-order valence-electron chi connectivity index (χ2n) is 2.05. The molecule has 60 valence electrons. The zero-order valence-corrected chi connectivity index (χ0v) is 7.62. The summed E-state index contributed by atoms with van der Waals surface area (Å²) in [6.07, 6.45) is 0. The van der Waals surface area contributed by atoms with Gasteiger partial charge in [-0.2, -0.15) is 5.26 Å². The smallest absolute Gasteiger partial charge is 0.182 e. The number of nitrogens with zero attached hydrogens (tertiary/aromatic N) is 1. The molecule has 0 spiro atoms. The van der Waals surface area contributed by atoms with Crippen LogP contribution in [0.25, 0.3) is 0 Å². The first-order valence-corrected chi connectivity index (χ1v) is 3.98. The van der Waals surface area contributed by atoms with E-state index in [1.54, 1.807) is 18.2 Å². The largest absolute Gasteiger partial charge is 0.337 e. The summed E-state index contributed by atoms with van der Waals surface area (Å²) in [5, 5.41) is 11.6. The molecule has 0 aliphatic rings. The van der Waals surface area contributed by atoms with Crippen molar-refractivity contribution in [3.8, 4) is 6.07 Å². The van der Waals surface area contributed by atoms with Crippen molar-refractivity contribution in [1.29, 1.82) is 5.26 Å². The van der Waals surface area contributed by atoms with E-state index in [4.69, 9.17) is 16.9 Å². The van der Waals surface area contributed by atoms with Gasteiger partial charge in [0.1, 0.15) is 6.07 Å². The Morgan fingerprint density at radius 3 is 2.75 bits per heavy atom. The minimum atomic E-state index is 0.114. The van der Waals surface area contributed by atoms with Crippen molar-refractivity contribution in [3.63, 3.8) is 0 Å². The number of hydrogen-bond donors (Lipinski definition) is 1. The van der Waals surface area contributed by atoms with Gasteiger partial charge < -0.3 is 5.32 Å². The zero-order valence-electron chi connectivity index (χ0n) is 6.04. The summed E-state index contributed by atoms with van der Waals surface area (Å²) < 4.78 is 0. The molecular weight excluding hydrogens is 192 g/mol. The molecule has 12 heavy (non-hydrogen) atoms. The predicted octanol–water partition coefficient (Wildman–Crippen LogP) is 2.60. The third-order valence-corrected chi connectivity index (χ3v) is 1.75. The number of anilines is 1. The lowest BCUT2D eigenvalue weighted by Crippen LogP contribution is -2.05. The topological polar surface area (TPSA) is 35.8 Å². The molecule has 1 rings (SSSR count). The molecule has 1 N–H and O–H groups in total. The Labute approximate surface area is 80.8 Å². The Morgan fingerprint density at radius 2 is 2.17 bits per heavy atom. The quantitative estimate of drug-likeness (QED) is 0.702. The molecule has 0 aliphatic heterocycles. The average molecular weight is 197 g/mol. The van der Waals surface area contributed by atoms with Gasteiger partial charge in [0.05, 0.1) is 10.7 Å². The Bertz CT molecular complexity index is 343. The number of rotatable bonds is 1. The summed E-state index contributed by atoms with van der Waals surface area (Å²) in [7, 11) is 0. The normalized spacial score (nSPS) is 8.67. The highest BCUT2D eigenvalue weighted by atomic mass is 35.5. The first kappa shape index (κ1) is 8.98. The van der Waals surface area contributed by atoms with Gasteiger partial charge >= 0.3 is 0 Å². The molecule has 1 aromatic carbocycles. The van der Waals surface area contributed by atoms with Gasteiger partial charge in [0.25, 0.3) is 0 Å². The fourth-order valence-electron chi connectivity index (χ4n) is 0.713. The van der Waals surface area contributed by atoms with E-state index in [2.05, 4.69) is 17.5 Å². The van der Waals surface area contributed by atoms with E-state index in [9.17, 15) is 0 Å². The molecular formula is C8H5ClN2S. The molecule has 0 aromatic heterocycles. The molecule has 2 nitrogen and oxygen atoms in total. The van der Waals surface area contributed by atoms with E-state index >= 15 is 0 Å². The zero-order chi connectivity index (χ0) is 8.97. The Morgan fingerprint density at radius 1 is 1.50 bits per heavy atom. The Hall–Kier alpha value is -1.11. The van der Waals surface area contributed by atoms with Crippen LogP contribution in [0.5, 0.6) is 0 Å². The maximum Gasteiger partial charge on any atom is 0.182 e. The average Bonchev–Trinajstić information content (AvgIpc) is 2.09. The van der Waals surface area contributed by atoms with Crippen LogP contribution >= 0.6 is 23.8 Å². The van der Waals surface area contributed by atoms with E-state index in [1.165, 1.54) is 0 Å². The maximum absolute atomic E-state index is 8.39. The van der Waals surface area contributed by atoms with E-state index in [0.717, 1.165) is 0 Å². The molecule has 1 aromatic rings. The van der Waals surface area contributed by atoms with Crippen molar-refractivity contribution in [1.82, 2.24) is 0 Å². The van der Waals surface area contributed by atoms with Crippen LogP contribution in [0.2, 0.25) is 5.02 Å². The summed E-state index contributed by atoms with van der Waals surface area (Å²) in [5.74, 6) is 0. The van der Waals surface area contributed by atoms with Gasteiger partial charge in [0.15, 0.2) is 4.99 Å². The van der Waals surface area contributed by atoms with Crippen molar-refractivity contribution < 1.29 is 0 Å². The van der Waals surface area contributed by atoms with Gasteiger partial charge in [-0.15, -0.1) is 0 Å². The maximum atomic E-state index is 8.39. The van der Waals surface area contributed by atoms with Gasteiger partial charge in [-0.3, -0.25) is 0 Å². The van der Waals surface area contributed by atoms with Crippen LogP contribution in [0, 0.1) is 11.3 Å². The second kappa shape index (κ2) is 4.05. The highest BCUT2D eigenvalue weighted by Crippen LogP contribution is 2.20. The molecule has 0 saturated heterocycles. The molecule has 0 saturated carbocycles. The molecule has 0 amide bonds. The Balaban J connectivity index is 2.84.